The molecule has 0 fully saturated rings. The summed E-state index contributed by atoms with van der Waals surface area (Å²) in [6.45, 7) is 7.49. The van der Waals surface area contributed by atoms with Crippen LogP contribution in [0.2, 0.25) is 5.02 Å². The Bertz CT molecular complexity index is 399. The summed E-state index contributed by atoms with van der Waals surface area (Å²) < 4.78 is 5.51. The first-order valence-electron chi connectivity index (χ1n) is 5.52. The Hall–Kier alpha value is -1.22. The van der Waals surface area contributed by atoms with Crippen molar-refractivity contribution in [1.29, 1.82) is 0 Å². The van der Waals surface area contributed by atoms with Gasteiger partial charge in [-0.3, -0.25) is 4.79 Å². The zero-order valence-corrected chi connectivity index (χ0v) is 11.3. The Balaban J connectivity index is 2.60. The van der Waals surface area contributed by atoms with Crippen molar-refractivity contribution >= 4 is 17.5 Å². The molecule has 1 unspecified atom stereocenters. The van der Waals surface area contributed by atoms with Crippen LogP contribution in [0.3, 0.4) is 0 Å². The second kappa shape index (κ2) is 5.41. The Kier molecular flexibility index (Phi) is 4.40. The van der Waals surface area contributed by atoms with E-state index in [2.05, 4.69) is 5.32 Å². The summed E-state index contributed by atoms with van der Waals surface area (Å²) in [5, 5.41) is 3.45. The number of hydrogen-bond donors (Lipinski definition) is 1. The molecule has 1 aromatic carbocycles. The Morgan fingerprint density at radius 1 is 1.41 bits per heavy atom. The molecular weight excluding hydrogens is 238 g/mol. The standard InChI is InChI=1S/C13H18ClNO2/c1-9(12(16)15-13(2,3)4)17-11-7-5-6-10(14)8-11/h5-9H,1-4H3,(H,15,16). The number of halogens is 1. The lowest BCUT2D eigenvalue weighted by Gasteiger charge is -2.23. The molecule has 0 bridgehead atoms. The van der Waals surface area contributed by atoms with Crippen LogP contribution < -0.4 is 10.1 Å². The van der Waals surface area contributed by atoms with Gasteiger partial charge in [-0.15, -0.1) is 0 Å². The highest BCUT2D eigenvalue weighted by molar-refractivity contribution is 6.30. The first-order valence-corrected chi connectivity index (χ1v) is 5.90. The van der Waals surface area contributed by atoms with E-state index in [4.69, 9.17) is 16.3 Å². The molecule has 0 spiro atoms. The van der Waals surface area contributed by atoms with Gasteiger partial charge >= 0.3 is 0 Å². The third kappa shape index (κ3) is 5.09. The first kappa shape index (κ1) is 13.8. The Morgan fingerprint density at radius 3 is 2.59 bits per heavy atom. The molecular formula is C13H18ClNO2. The normalized spacial score (nSPS) is 13.0. The lowest BCUT2D eigenvalue weighted by molar-refractivity contribution is -0.128. The molecule has 1 amide bonds. The van der Waals surface area contributed by atoms with Crippen molar-refractivity contribution in [2.24, 2.45) is 0 Å². The van der Waals surface area contributed by atoms with Gasteiger partial charge in [0.25, 0.3) is 5.91 Å². The third-order valence-electron chi connectivity index (χ3n) is 1.98. The monoisotopic (exact) mass is 255 g/mol. The molecule has 4 heteroatoms. The van der Waals surface area contributed by atoms with Crippen LogP contribution in [0.15, 0.2) is 24.3 Å². The van der Waals surface area contributed by atoms with Gasteiger partial charge in [-0.1, -0.05) is 17.7 Å². The van der Waals surface area contributed by atoms with Crippen molar-refractivity contribution in [1.82, 2.24) is 5.32 Å². The van der Waals surface area contributed by atoms with Crippen molar-refractivity contribution in [3.63, 3.8) is 0 Å². The number of hydrogen-bond acceptors (Lipinski definition) is 2. The van der Waals surface area contributed by atoms with E-state index in [9.17, 15) is 4.79 Å². The number of rotatable bonds is 3. The highest BCUT2D eigenvalue weighted by Crippen LogP contribution is 2.18. The van der Waals surface area contributed by atoms with Gasteiger partial charge in [0.15, 0.2) is 6.10 Å². The summed E-state index contributed by atoms with van der Waals surface area (Å²) in [5.74, 6) is 0.450. The summed E-state index contributed by atoms with van der Waals surface area (Å²) in [4.78, 5) is 11.8. The number of ether oxygens (including phenoxy) is 1. The predicted octanol–water partition coefficient (Wildman–Crippen LogP) is 3.02. The molecule has 0 radical (unpaired) electrons. The highest BCUT2D eigenvalue weighted by atomic mass is 35.5. The fourth-order valence-electron chi connectivity index (χ4n) is 1.27. The lowest BCUT2D eigenvalue weighted by atomic mass is 10.1. The molecule has 17 heavy (non-hydrogen) atoms. The quantitative estimate of drug-likeness (QED) is 0.902. The molecule has 0 aliphatic carbocycles. The largest absolute Gasteiger partial charge is 0.481 e. The molecule has 0 saturated heterocycles. The van der Waals surface area contributed by atoms with Crippen molar-refractivity contribution in [2.45, 2.75) is 39.3 Å². The fraction of sp³-hybridized carbons (Fsp3) is 0.462. The third-order valence-corrected chi connectivity index (χ3v) is 2.21. The number of nitrogens with one attached hydrogen (secondary N) is 1. The van der Waals surface area contributed by atoms with Crippen LogP contribution in [-0.4, -0.2) is 17.6 Å². The minimum absolute atomic E-state index is 0.141. The van der Waals surface area contributed by atoms with Gasteiger partial charge in [0.2, 0.25) is 0 Å². The molecule has 0 aliphatic rings. The number of benzene rings is 1. The van der Waals surface area contributed by atoms with E-state index < -0.39 is 6.10 Å². The second-order valence-electron chi connectivity index (χ2n) is 4.96. The summed E-state index contributed by atoms with van der Waals surface area (Å²) in [7, 11) is 0. The van der Waals surface area contributed by atoms with E-state index in [-0.39, 0.29) is 11.4 Å². The SMILES string of the molecule is CC(Oc1cccc(Cl)c1)C(=O)NC(C)(C)C. The van der Waals surface area contributed by atoms with Gasteiger partial charge in [-0.05, 0) is 45.9 Å². The van der Waals surface area contributed by atoms with Gasteiger partial charge < -0.3 is 10.1 Å². The van der Waals surface area contributed by atoms with Crippen molar-refractivity contribution in [2.75, 3.05) is 0 Å². The van der Waals surface area contributed by atoms with Crippen LogP contribution in [0, 0.1) is 0 Å². The van der Waals surface area contributed by atoms with E-state index >= 15 is 0 Å². The summed E-state index contributed by atoms with van der Waals surface area (Å²) in [6.07, 6.45) is -0.548. The van der Waals surface area contributed by atoms with Gasteiger partial charge in [0, 0.05) is 10.6 Å². The average Bonchev–Trinajstić information content (AvgIpc) is 2.14. The van der Waals surface area contributed by atoms with Crippen LogP contribution >= 0.6 is 11.6 Å². The average molecular weight is 256 g/mol. The molecule has 0 aliphatic heterocycles. The first-order chi connectivity index (χ1) is 7.78. The van der Waals surface area contributed by atoms with Crippen molar-refractivity contribution < 1.29 is 9.53 Å². The molecule has 0 heterocycles. The van der Waals surface area contributed by atoms with E-state index in [1.165, 1.54) is 0 Å². The maximum Gasteiger partial charge on any atom is 0.261 e. The van der Waals surface area contributed by atoms with Crippen molar-refractivity contribution in [3.8, 4) is 5.75 Å². The summed E-state index contributed by atoms with van der Waals surface area (Å²) in [6, 6.07) is 7.00. The number of amides is 1. The maximum absolute atomic E-state index is 11.8. The van der Waals surface area contributed by atoms with Gasteiger partial charge in [0.1, 0.15) is 5.75 Å². The van der Waals surface area contributed by atoms with Crippen LogP contribution in [0.1, 0.15) is 27.7 Å². The van der Waals surface area contributed by atoms with Gasteiger partial charge in [-0.2, -0.15) is 0 Å². The lowest BCUT2D eigenvalue weighted by Crippen LogP contribution is -2.46. The molecule has 1 aromatic rings. The van der Waals surface area contributed by atoms with E-state index in [0.29, 0.717) is 10.8 Å². The fourth-order valence-corrected chi connectivity index (χ4v) is 1.45. The molecule has 3 nitrogen and oxygen atoms in total. The molecule has 0 aromatic heterocycles. The van der Waals surface area contributed by atoms with Gasteiger partial charge in [0.05, 0.1) is 0 Å². The zero-order chi connectivity index (χ0) is 13.1. The Morgan fingerprint density at radius 2 is 2.06 bits per heavy atom. The van der Waals surface area contributed by atoms with Crippen LogP contribution in [0.25, 0.3) is 0 Å². The molecule has 0 saturated carbocycles. The molecule has 94 valence electrons. The molecule has 1 N–H and O–H groups in total. The van der Waals surface area contributed by atoms with Crippen LogP contribution in [-0.2, 0) is 4.79 Å². The van der Waals surface area contributed by atoms with Crippen molar-refractivity contribution in [3.05, 3.63) is 29.3 Å². The van der Waals surface area contributed by atoms with Crippen LogP contribution in [0.5, 0.6) is 5.75 Å². The predicted molar refractivity (Wildman–Crippen MR) is 69.4 cm³/mol. The molecule has 1 atom stereocenters. The van der Waals surface area contributed by atoms with Gasteiger partial charge in [-0.25, -0.2) is 0 Å². The van der Waals surface area contributed by atoms with E-state index in [1.54, 1.807) is 31.2 Å². The second-order valence-corrected chi connectivity index (χ2v) is 5.39. The molecule has 1 rings (SSSR count). The minimum atomic E-state index is -0.548. The zero-order valence-electron chi connectivity index (χ0n) is 10.6. The topological polar surface area (TPSA) is 38.3 Å². The summed E-state index contributed by atoms with van der Waals surface area (Å²) >= 11 is 5.83. The number of carbonyl (C=O) groups is 1. The van der Waals surface area contributed by atoms with E-state index in [0.717, 1.165) is 0 Å². The van der Waals surface area contributed by atoms with Crippen LogP contribution in [0.4, 0.5) is 0 Å². The smallest absolute Gasteiger partial charge is 0.261 e. The summed E-state index contributed by atoms with van der Waals surface area (Å²) in [5.41, 5.74) is -0.261. The minimum Gasteiger partial charge on any atom is -0.481 e. The highest BCUT2D eigenvalue weighted by Gasteiger charge is 2.20. The number of carbonyl (C=O) groups excluding carboxylic acids is 1. The maximum atomic E-state index is 11.8. The Labute approximate surface area is 107 Å². The van der Waals surface area contributed by atoms with E-state index in [1.807, 2.05) is 20.8 Å².